The summed E-state index contributed by atoms with van der Waals surface area (Å²) in [6.07, 6.45) is 4.61. The molecule has 0 fully saturated rings. The van der Waals surface area contributed by atoms with Gasteiger partial charge in [0.2, 0.25) is 0 Å². The molecule has 0 atom stereocenters. The molecule has 78 valence electrons. The van der Waals surface area contributed by atoms with Crippen molar-refractivity contribution in [3.63, 3.8) is 0 Å². The second-order valence-electron chi connectivity index (χ2n) is 3.35. The summed E-state index contributed by atoms with van der Waals surface area (Å²) in [4.78, 5) is 17.0. The summed E-state index contributed by atoms with van der Waals surface area (Å²) in [6.45, 7) is 5.92. The lowest BCUT2D eigenvalue weighted by atomic mass is 10.2. The van der Waals surface area contributed by atoms with Crippen molar-refractivity contribution in [2.75, 3.05) is 0 Å². The molecule has 4 nitrogen and oxygen atoms in total. The van der Waals surface area contributed by atoms with Crippen LogP contribution in [0.25, 0.3) is 0 Å². The Hall–Kier alpha value is -1.16. The van der Waals surface area contributed by atoms with Crippen LogP contribution >= 0.6 is 11.6 Å². The van der Waals surface area contributed by atoms with Gasteiger partial charge in [0, 0.05) is 12.4 Å². The first-order chi connectivity index (χ1) is 6.45. The van der Waals surface area contributed by atoms with Crippen LogP contribution in [0.1, 0.15) is 20.8 Å². The highest BCUT2D eigenvalue weighted by molar-refractivity contribution is 6.29. The van der Waals surface area contributed by atoms with Gasteiger partial charge in [-0.2, -0.15) is 0 Å². The third kappa shape index (κ3) is 8.93. The first-order valence-electron chi connectivity index (χ1n) is 3.98. The quantitative estimate of drug-likeness (QED) is 0.675. The molecule has 0 saturated carbocycles. The number of ether oxygens (including phenoxy) is 1. The lowest BCUT2D eigenvalue weighted by molar-refractivity contribution is -0.138. The summed E-state index contributed by atoms with van der Waals surface area (Å²) in [5.41, 5.74) is -0.318. The van der Waals surface area contributed by atoms with Gasteiger partial charge in [-0.15, -0.1) is 0 Å². The van der Waals surface area contributed by atoms with Gasteiger partial charge in [0.15, 0.2) is 0 Å². The van der Waals surface area contributed by atoms with E-state index in [-0.39, 0.29) is 5.60 Å². The lowest BCUT2D eigenvalue weighted by Gasteiger charge is -2.14. The van der Waals surface area contributed by atoms with Crippen molar-refractivity contribution in [1.82, 2.24) is 9.97 Å². The van der Waals surface area contributed by atoms with Gasteiger partial charge in [-0.25, -0.2) is 4.98 Å². The van der Waals surface area contributed by atoms with Crippen molar-refractivity contribution in [1.29, 1.82) is 0 Å². The van der Waals surface area contributed by atoms with Crippen molar-refractivity contribution >= 4 is 18.1 Å². The van der Waals surface area contributed by atoms with Crippen LogP contribution in [0.5, 0.6) is 0 Å². The Morgan fingerprint density at radius 1 is 1.43 bits per heavy atom. The standard InChI is InChI=1S/C5H10O2.C4H3ClN2/c1-5(2,3)7-4-6;5-4-3-6-1-2-7-4/h4H,1-3H3;1-3H. The number of carbonyl (C=O) groups is 1. The minimum absolute atomic E-state index is 0.318. The van der Waals surface area contributed by atoms with E-state index in [2.05, 4.69) is 14.7 Å². The maximum absolute atomic E-state index is 9.60. The normalized spacial score (nSPS) is 9.71. The van der Waals surface area contributed by atoms with Crippen LogP contribution < -0.4 is 0 Å². The summed E-state index contributed by atoms with van der Waals surface area (Å²) in [5, 5.41) is 0.433. The Morgan fingerprint density at radius 2 is 2.07 bits per heavy atom. The molecule has 0 bridgehead atoms. The number of hydrogen-bond acceptors (Lipinski definition) is 4. The van der Waals surface area contributed by atoms with Crippen LogP contribution in [-0.2, 0) is 9.53 Å². The molecule has 0 N–H and O–H groups in total. The van der Waals surface area contributed by atoms with Crippen LogP contribution in [0.2, 0.25) is 5.15 Å². The minimum Gasteiger partial charge on any atom is -0.462 e. The number of nitrogens with zero attached hydrogens (tertiary/aromatic N) is 2. The first-order valence-corrected chi connectivity index (χ1v) is 4.36. The molecule has 0 saturated heterocycles. The van der Waals surface area contributed by atoms with Gasteiger partial charge in [0.25, 0.3) is 6.47 Å². The number of carbonyl (C=O) groups excluding carboxylic acids is 1. The van der Waals surface area contributed by atoms with Gasteiger partial charge in [-0.05, 0) is 20.8 Å². The Balaban J connectivity index is 0.000000241. The van der Waals surface area contributed by atoms with Gasteiger partial charge < -0.3 is 4.74 Å². The van der Waals surface area contributed by atoms with Crippen LogP contribution in [0, 0.1) is 0 Å². The molecule has 1 aromatic heterocycles. The van der Waals surface area contributed by atoms with Gasteiger partial charge in [0.1, 0.15) is 10.8 Å². The van der Waals surface area contributed by atoms with E-state index in [4.69, 9.17) is 11.6 Å². The molecule has 0 aliphatic heterocycles. The molecular weight excluding hydrogens is 204 g/mol. The summed E-state index contributed by atoms with van der Waals surface area (Å²) in [6, 6.07) is 0. The van der Waals surface area contributed by atoms with E-state index in [1.165, 1.54) is 6.20 Å². The van der Waals surface area contributed by atoms with Crippen molar-refractivity contribution in [2.45, 2.75) is 26.4 Å². The van der Waals surface area contributed by atoms with Gasteiger partial charge in [0.05, 0.1) is 6.20 Å². The van der Waals surface area contributed by atoms with Gasteiger partial charge in [-0.3, -0.25) is 9.78 Å². The smallest absolute Gasteiger partial charge is 0.293 e. The van der Waals surface area contributed by atoms with Crippen molar-refractivity contribution in [3.05, 3.63) is 23.7 Å². The molecule has 0 unspecified atom stereocenters. The topological polar surface area (TPSA) is 52.1 Å². The number of aromatic nitrogens is 2. The fraction of sp³-hybridized carbons (Fsp3) is 0.444. The lowest BCUT2D eigenvalue weighted by Crippen LogP contribution is -2.17. The Kier molecular flexibility index (Phi) is 5.79. The molecule has 1 rings (SSSR count). The molecule has 0 aromatic carbocycles. The van der Waals surface area contributed by atoms with E-state index < -0.39 is 0 Å². The fourth-order valence-corrected chi connectivity index (χ4v) is 0.538. The largest absolute Gasteiger partial charge is 0.462 e. The monoisotopic (exact) mass is 216 g/mol. The fourth-order valence-electron chi connectivity index (χ4n) is 0.425. The Bertz CT molecular complexity index is 259. The highest BCUT2D eigenvalue weighted by Gasteiger charge is 2.07. The SMILES string of the molecule is CC(C)(C)OC=O.Clc1cnccn1. The summed E-state index contributed by atoms with van der Waals surface area (Å²) >= 11 is 5.37. The van der Waals surface area contributed by atoms with Crippen LogP contribution in [0.15, 0.2) is 18.6 Å². The van der Waals surface area contributed by atoms with Crippen molar-refractivity contribution in [2.24, 2.45) is 0 Å². The Morgan fingerprint density at radius 3 is 2.21 bits per heavy atom. The van der Waals surface area contributed by atoms with E-state index >= 15 is 0 Å². The summed E-state index contributed by atoms with van der Waals surface area (Å²) in [7, 11) is 0. The zero-order chi connectivity index (χ0) is 11.0. The zero-order valence-corrected chi connectivity index (χ0v) is 9.15. The molecule has 1 heterocycles. The molecule has 0 aliphatic carbocycles. The summed E-state index contributed by atoms with van der Waals surface area (Å²) < 4.78 is 4.55. The first kappa shape index (κ1) is 12.8. The predicted molar refractivity (Wildman–Crippen MR) is 53.9 cm³/mol. The third-order valence-electron chi connectivity index (χ3n) is 0.933. The number of hydrogen-bond donors (Lipinski definition) is 0. The van der Waals surface area contributed by atoms with E-state index in [1.807, 2.05) is 20.8 Å². The molecule has 0 aliphatic rings. The highest BCUT2D eigenvalue weighted by atomic mass is 35.5. The van der Waals surface area contributed by atoms with E-state index in [0.29, 0.717) is 11.6 Å². The van der Waals surface area contributed by atoms with Crippen molar-refractivity contribution < 1.29 is 9.53 Å². The summed E-state index contributed by atoms with van der Waals surface area (Å²) in [5.74, 6) is 0. The van der Waals surface area contributed by atoms with Crippen molar-refractivity contribution in [3.8, 4) is 0 Å². The van der Waals surface area contributed by atoms with E-state index in [9.17, 15) is 4.79 Å². The number of rotatable bonds is 1. The van der Waals surface area contributed by atoms with E-state index in [1.54, 1.807) is 12.4 Å². The molecule has 0 spiro atoms. The maximum Gasteiger partial charge on any atom is 0.293 e. The predicted octanol–water partition coefficient (Wildman–Crippen LogP) is 2.09. The van der Waals surface area contributed by atoms with Crippen LogP contribution in [0.3, 0.4) is 0 Å². The minimum atomic E-state index is -0.318. The molecular formula is C9H13ClN2O2. The van der Waals surface area contributed by atoms with Crippen LogP contribution in [0.4, 0.5) is 0 Å². The van der Waals surface area contributed by atoms with Gasteiger partial charge in [-0.1, -0.05) is 11.6 Å². The van der Waals surface area contributed by atoms with Crippen LogP contribution in [-0.4, -0.2) is 22.0 Å². The van der Waals surface area contributed by atoms with Gasteiger partial charge >= 0.3 is 0 Å². The highest BCUT2D eigenvalue weighted by Crippen LogP contribution is 2.02. The molecule has 0 amide bonds. The number of halogens is 1. The maximum atomic E-state index is 9.60. The molecule has 5 heteroatoms. The molecule has 0 radical (unpaired) electrons. The third-order valence-corrected chi connectivity index (χ3v) is 1.13. The average molecular weight is 217 g/mol. The second-order valence-corrected chi connectivity index (χ2v) is 3.74. The zero-order valence-electron chi connectivity index (χ0n) is 8.40. The average Bonchev–Trinajstić information content (AvgIpc) is 2.04. The second kappa shape index (κ2) is 6.32. The Labute approximate surface area is 88.3 Å². The molecule has 1 aromatic rings. The molecule has 14 heavy (non-hydrogen) atoms. The van der Waals surface area contributed by atoms with E-state index in [0.717, 1.165) is 0 Å².